The summed E-state index contributed by atoms with van der Waals surface area (Å²) in [5.41, 5.74) is 0. The number of carbonyl (C=O) groups is 1. The SMILES string of the molecule is C=CC(=O)ON=S(=O)=O. The van der Waals surface area contributed by atoms with E-state index in [4.69, 9.17) is 0 Å². The third-order valence-corrected chi connectivity index (χ3v) is 0.551. The van der Waals surface area contributed by atoms with E-state index in [0.29, 0.717) is 0 Å². The van der Waals surface area contributed by atoms with Crippen molar-refractivity contribution in [2.24, 2.45) is 4.53 Å². The monoisotopic (exact) mass is 149 g/mol. The second kappa shape index (κ2) is 3.79. The molecule has 0 fully saturated rings. The van der Waals surface area contributed by atoms with E-state index in [-0.39, 0.29) is 0 Å². The maximum atomic E-state index is 10.0. The molecule has 0 aliphatic heterocycles. The summed E-state index contributed by atoms with van der Waals surface area (Å²) in [6.07, 6.45) is 0.802. The van der Waals surface area contributed by atoms with Crippen LogP contribution >= 0.6 is 0 Å². The van der Waals surface area contributed by atoms with Crippen LogP contribution in [-0.2, 0) is 20.1 Å². The van der Waals surface area contributed by atoms with E-state index in [2.05, 4.69) is 15.9 Å². The second-order valence-electron chi connectivity index (χ2n) is 0.906. The first-order chi connectivity index (χ1) is 4.16. The van der Waals surface area contributed by atoms with Gasteiger partial charge in [-0.2, -0.15) is 8.42 Å². The highest BCUT2D eigenvalue weighted by Gasteiger charge is 1.90. The maximum absolute atomic E-state index is 10.0. The lowest BCUT2D eigenvalue weighted by Crippen LogP contribution is -1.91. The van der Waals surface area contributed by atoms with Crippen molar-refractivity contribution in [2.75, 3.05) is 0 Å². The van der Waals surface area contributed by atoms with Gasteiger partial charge in [-0.25, -0.2) is 4.79 Å². The summed E-state index contributed by atoms with van der Waals surface area (Å²) in [4.78, 5) is 13.7. The third kappa shape index (κ3) is 4.69. The van der Waals surface area contributed by atoms with Crippen LogP contribution in [0.15, 0.2) is 17.2 Å². The number of nitrogens with zero attached hydrogens (tertiary/aromatic N) is 1. The topological polar surface area (TPSA) is 72.8 Å². The molecule has 50 valence electrons. The molecule has 0 aliphatic carbocycles. The predicted octanol–water partition coefficient (Wildman–Crippen LogP) is -0.307. The van der Waals surface area contributed by atoms with Crippen LogP contribution in [0.3, 0.4) is 0 Å². The lowest BCUT2D eigenvalue weighted by molar-refractivity contribution is -0.137. The van der Waals surface area contributed by atoms with E-state index in [9.17, 15) is 13.2 Å². The van der Waals surface area contributed by atoms with Gasteiger partial charge in [0.05, 0.1) is 4.53 Å². The molecule has 0 saturated carbocycles. The molecule has 0 aromatic heterocycles. The predicted molar refractivity (Wildman–Crippen MR) is 27.6 cm³/mol. The van der Waals surface area contributed by atoms with E-state index >= 15 is 0 Å². The van der Waals surface area contributed by atoms with Crippen LogP contribution in [0, 0.1) is 0 Å². The van der Waals surface area contributed by atoms with E-state index in [1.54, 1.807) is 0 Å². The normalized spacial score (nSPS) is 7.56. The summed E-state index contributed by atoms with van der Waals surface area (Å²) in [5, 5.41) is 0. The molecule has 0 radical (unpaired) electrons. The smallest absolute Gasteiger partial charge is 0.298 e. The Morgan fingerprint density at radius 3 is 2.56 bits per heavy atom. The van der Waals surface area contributed by atoms with Crippen molar-refractivity contribution >= 4 is 16.5 Å². The lowest BCUT2D eigenvalue weighted by atomic mass is 10.7. The van der Waals surface area contributed by atoms with Gasteiger partial charge in [-0.05, 0) is 0 Å². The second-order valence-corrected chi connectivity index (χ2v) is 1.49. The summed E-state index contributed by atoms with van der Waals surface area (Å²) < 4.78 is 21.5. The van der Waals surface area contributed by atoms with Crippen LogP contribution in [0.4, 0.5) is 0 Å². The van der Waals surface area contributed by atoms with Gasteiger partial charge in [0.2, 0.25) is 0 Å². The summed E-state index contributed by atoms with van der Waals surface area (Å²) >= 11 is 0. The number of carbonyl (C=O) groups excluding carboxylic acids is 1. The summed E-state index contributed by atoms with van der Waals surface area (Å²) in [5.74, 6) is -0.904. The molecule has 6 heteroatoms. The fraction of sp³-hybridized carbons (Fsp3) is 0. The van der Waals surface area contributed by atoms with Crippen molar-refractivity contribution in [3.05, 3.63) is 12.7 Å². The molecule has 0 rings (SSSR count). The molecule has 0 spiro atoms. The summed E-state index contributed by atoms with van der Waals surface area (Å²) in [6, 6.07) is 0. The zero-order chi connectivity index (χ0) is 7.28. The molecule has 0 atom stereocenters. The molecule has 0 N–H and O–H groups in total. The molecular weight excluding hydrogens is 146 g/mol. The van der Waals surface area contributed by atoms with Crippen molar-refractivity contribution in [3.63, 3.8) is 0 Å². The fourth-order valence-electron chi connectivity index (χ4n) is 0.104. The Morgan fingerprint density at radius 2 is 2.22 bits per heavy atom. The van der Waals surface area contributed by atoms with E-state index < -0.39 is 16.5 Å². The van der Waals surface area contributed by atoms with E-state index in [1.807, 2.05) is 0 Å². The molecule has 0 saturated heterocycles. The average molecular weight is 149 g/mol. The molecule has 0 aromatic rings. The highest BCUT2D eigenvalue weighted by molar-refractivity contribution is 7.61. The van der Waals surface area contributed by atoms with Crippen LogP contribution in [0.2, 0.25) is 0 Å². The van der Waals surface area contributed by atoms with E-state index in [1.165, 1.54) is 0 Å². The van der Waals surface area contributed by atoms with Crippen molar-refractivity contribution in [3.8, 4) is 0 Å². The maximum Gasteiger partial charge on any atom is 0.359 e. The van der Waals surface area contributed by atoms with Gasteiger partial charge in [0.25, 0.3) is 0 Å². The molecule has 0 amide bonds. The van der Waals surface area contributed by atoms with Gasteiger partial charge in [-0.15, -0.1) is 0 Å². The molecule has 0 unspecified atom stereocenters. The Bertz CT molecular complexity index is 231. The molecule has 0 aliphatic rings. The number of hydrogen-bond donors (Lipinski definition) is 0. The van der Waals surface area contributed by atoms with Gasteiger partial charge >= 0.3 is 16.5 Å². The third-order valence-electron chi connectivity index (χ3n) is 0.355. The molecule has 9 heavy (non-hydrogen) atoms. The molecular formula is C3H3NO4S. The lowest BCUT2D eigenvalue weighted by Gasteiger charge is -1.80. The van der Waals surface area contributed by atoms with Crippen LogP contribution < -0.4 is 0 Å². The number of rotatable bonds is 2. The zero-order valence-corrected chi connectivity index (χ0v) is 5.09. The van der Waals surface area contributed by atoms with Gasteiger partial charge in [0, 0.05) is 6.08 Å². The van der Waals surface area contributed by atoms with Crippen molar-refractivity contribution < 1.29 is 18.0 Å². The zero-order valence-electron chi connectivity index (χ0n) is 4.27. The van der Waals surface area contributed by atoms with Gasteiger partial charge in [-0.1, -0.05) is 6.58 Å². The highest BCUT2D eigenvalue weighted by Crippen LogP contribution is 1.77. The van der Waals surface area contributed by atoms with Crippen LogP contribution in [0.25, 0.3) is 0 Å². The average Bonchev–Trinajstić information content (AvgIpc) is 1.83. The summed E-state index contributed by atoms with van der Waals surface area (Å²) in [7, 11) is -2.70. The van der Waals surface area contributed by atoms with Gasteiger partial charge in [0.15, 0.2) is 0 Å². The first-order valence-corrected chi connectivity index (χ1v) is 2.84. The quantitative estimate of drug-likeness (QED) is 0.399. The molecule has 0 aromatic carbocycles. The van der Waals surface area contributed by atoms with Gasteiger partial charge in [0.1, 0.15) is 0 Å². The van der Waals surface area contributed by atoms with Crippen molar-refractivity contribution in [1.82, 2.24) is 0 Å². The summed E-state index contributed by atoms with van der Waals surface area (Å²) in [6.45, 7) is 3.00. The van der Waals surface area contributed by atoms with Crippen molar-refractivity contribution in [1.29, 1.82) is 0 Å². The van der Waals surface area contributed by atoms with E-state index in [0.717, 1.165) is 6.08 Å². The standard InChI is InChI=1S/C3H3NO4S/c1-2-3(5)8-4-9(6)7/h2H,1H2. The minimum absolute atomic E-state index is 0.802. The Labute approximate surface area is 52.6 Å². The fourth-order valence-corrected chi connectivity index (χ4v) is 0.239. The Balaban J connectivity index is 3.92. The Morgan fingerprint density at radius 1 is 1.67 bits per heavy atom. The first-order valence-electron chi connectivity index (χ1n) is 1.80. The molecule has 0 heterocycles. The number of hydrogen-bond acceptors (Lipinski definition) is 5. The van der Waals surface area contributed by atoms with Crippen molar-refractivity contribution in [2.45, 2.75) is 0 Å². The van der Waals surface area contributed by atoms with Gasteiger partial charge < -0.3 is 0 Å². The molecule has 0 bridgehead atoms. The van der Waals surface area contributed by atoms with Crippen LogP contribution in [0.5, 0.6) is 0 Å². The van der Waals surface area contributed by atoms with Gasteiger partial charge in [-0.3, -0.25) is 4.84 Å². The van der Waals surface area contributed by atoms with Crippen LogP contribution in [-0.4, -0.2) is 14.4 Å². The largest absolute Gasteiger partial charge is 0.359 e. The Kier molecular flexibility index (Phi) is 3.29. The van der Waals surface area contributed by atoms with Crippen LogP contribution in [0.1, 0.15) is 0 Å². The Hall–Kier alpha value is -1.17. The highest BCUT2D eigenvalue weighted by atomic mass is 32.2. The minimum atomic E-state index is -2.70. The molecule has 5 nitrogen and oxygen atoms in total. The first kappa shape index (κ1) is 7.83. The minimum Gasteiger partial charge on any atom is -0.298 e.